The van der Waals surface area contributed by atoms with Gasteiger partial charge in [0.1, 0.15) is 0 Å². The van der Waals surface area contributed by atoms with Crippen LogP contribution in [0.5, 0.6) is 0 Å². The van der Waals surface area contributed by atoms with Gasteiger partial charge in [0.25, 0.3) is 0 Å². The van der Waals surface area contributed by atoms with E-state index in [9.17, 15) is 0 Å². The number of hydrazine groups is 1. The van der Waals surface area contributed by atoms with Gasteiger partial charge in [-0.15, -0.1) is 0 Å². The zero-order valence-electron chi connectivity index (χ0n) is 10.9. The van der Waals surface area contributed by atoms with Gasteiger partial charge in [0, 0.05) is 10.5 Å². The Morgan fingerprint density at radius 3 is 2.28 bits per heavy atom. The number of rotatable bonds is 4. The molecule has 0 spiro atoms. The van der Waals surface area contributed by atoms with Gasteiger partial charge in [-0.05, 0) is 42.9 Å². The monoisotopic (exact) mass is 310 g/mol. The molecule has 0 aromatic heterocycles. The van der Waals surface area contributed by atoms with Gasteiger partial charge in [0.15, 0.2) is 0 Å². The van der Waals surface area contributed by atoms with Crippen molar-refractivity contribution >= 4 is 15.9 Å². The molecule has 0 heterocycles. The number of benzene rings is 1. The Balaban J connectivity index is 1.97. The van der Waals surface area contributed by atoms with Crippen molar-refractivity contribution in [2.24, 2.45) is 11.8 Å². The summed E-state index contributed by atoms with van der Waals surface area (Å²) in [7, 11) is 0. The van der Waals surface area contributed by atoms with E-state index in [1.165, 1.54) is 44.1 Å². The lowest BCUT2D eigenvalue weighted by Crippen LogP contribution is -2.42. The van der Waals surface area contributed by atoms with Crippen molar-refractivity contribution in [2.75, 3.05) is 0 Å². The molecule has 1 aromatic carbocycles. The molecule has 1 saturated carbocycles. The second kappa shape index (κ2) is 7.27. The Bertz CT molecular complexity index is 342. The summed E-state index contributed by atoms with van der Waals surface area (Å²) in [5, 5.41) is 0. The lowest BCUT2D eigenvalue weighted by molar-refractivity contribution is 0.320. The second-order valence-corrected chi connectivity index (χ2v) is 6.27. The van der Waals surface area contributed by atoms with Crippen LogP contribution in [-0.4, -0.2) is 6.04 Å². The molecule has 0 radical (unpaired) electrons. The molecule has 3 heteroatoms. The van der Waals surface area contributed by atoms with Crippen molar-refractivity contribution in [3.63, 3.8) is 0 Å². The highest BCUT2D eigenvalue weighted by molar-refractivity contribution is 9.10. The SMILES string of the molecule is NNC(Cc1ccc(Br)cc1)C1CCCCCC1. The number of halogens is 1. The molecule has 3 N–H and O–H groups in total. The highest BCUT2D eigenvalue weighted by atomic mass is 79.9. The predicted octanol–water partition coefficient (Wildman–Crippen LogP) is 3.79. The van der Waals surface area contributed by atoms with E-state index >= 15 is 0 Å². The topological polar surface area (TPSA) is 38.0 Å². The minimum absolute atomic E-state index is 0.421. The molecule has 2 nitrogen and oxygen atoms in total. The fraction of sp³-hybridized carbons (Fsp3) is 0.600. The lowest BCUT2D eigenvalue weighted by Gasteiger charge is -2.25. The maximum absolute atomic E-state index is 5.77. The summed E-state index contributed by atoms with van der Waals surface area (Å²) < 4.78 is 1.14. The van der Waals surface area contributed by atoms with E-state index < -0.39 is 0 Å². The zero-order valence-corrected chi connectivity index (χ0v) is 12.5. The fourth-order valence-corrected chi connectivity index (χ4v) is 3.21. The van der Waals surface area contributed by atoms with Crippen LogP contribution < -0.4 is 11.3 Å². The van der Waals surface area contributed by atoms with Crippen LogP contribution in [-0.2, 0) is 6.42 Å². The molecule has 1 fully saturated rings. The molecule has 0 saturated heterocycles. The van der Waals surface area contributed by atoms with Crippen LogP contribution in [0.25, 0.3) is 0 Å². The smallest absolute Gasteiger partial charge is 0.0279 e. The predicted molar refractivity (Wildman–Crippen MR) is 80.1 cm³/mol. The van der Waals surface area contributed by atoms with E-state index in [0.717, 1.165) is 16.8 Å². The zero-order chi connectivity index (χ0) is 12.8. The van der Waals surface area contributed by atoms with E-state index in [4.69, 9.17) is 5.84 Å². The van der Waals surface area contributed by atoms with E-state index in [0.29, 0.717) is 6.04 Å². The fourth-order valence-electron chi connectivity index (χ4n) is 2.95. The van der Waals surface area contributed by atoms with E-state index in [-0.39, 0.29) is 0 Å². The largest absolute Gasteiger partial charge is 0.271 e. The summed E-state index contributed by atoms with van der Waals surface area (Å²) in [6.07, 6.45) is 9.20. The average molecular weight is 311 g/mol. The molecule has 1 atom stereocenters. The molecule has 0 bridgehead atoms. The van der Waals surface area contributed by atoms with Gasteiger partial charge in [0.05, 0.1) is 0 Å². The standard InChI is InChI=1S/C15H23BrN2/c16-14-9-7-12(8-10-14)11-15(18-17)13-5-3-1-2-4-6-13/h7-10,13,15,18H,1-6,11,17H2. The van der Waals surface area contributed by atoms with Crippen LogP contribution in [0.1, 0.15) is 44.1 Å². The summed E-state index contributed by atoms with van der Waals surface area (Å²) in [6, 6.07) is 9.01. The molecule has 1 unspecified atom stereocenters. The summed E-state index contributed by atoms with van der Waals surface area (Å²) in [4.78, 5) is 0. The van der Waals surface area contributed by atoms with Crippen molar-refractivity contribution in [3.05, 3.63) is 34.3 Å². The van der Waals surface area contributed by atoms with Gasteiger partial charge in [0.2, 0.25) is 0 Å². The van der Waals surface area contributed by atoms with E-state index in [1.54, 1.807) is 0 Å². The van der Waals surface area contributed by atoms with Crippen molar-refractivity contribution in [2.45, 2.75) is 51.0 Å². The molecular formula is C15H23BrN2. The molecule has 2 rings (SSSR count). The third kappa shape index (κ3) is 4.08. The number of hydrogen-bond acceptors (Lipinski definition) is 2. The average Bonchev–Trinajstić information content (AvgIpc) is 2.67. The minimum atomic E-state index is 0.421. The minimum Gasteiger partial charge on any atom is -0.271 e. The first-order chi connectivity index (χ1) is 8.79. The number of nitrogens with one attached hydrogen (secondary N) is 1. The van der Waals surface area contributed by atoms with Crippen molar-refractivity contribution in [1.82, 2.24) is 5.43 Å². The van der Waals surface area contributed by atoms with E-state index in [1.807, 2.05) is 0 Å². The van der Waals surface area contributed by atoms with Gasteiger partial charge in [-0.1, -0.05) is 53.7 Å². The highest BCUT2D eigenvalue weighted by Crippen LogP contribution is 2.27. The van der Waals surface area contributed by atoms with Crippen molar-refractivity contribution in [1.29, 1.82) is 0 Å². The van der Waals surface area contributed by atoms with Crippen LogP contribution in [0.4, 0.5) is 0 Å². The first-order valence-electron chi connectivity index (χ1n) is 7.00. The summed E-state index contributed by atoms with van der Waals surface area (Å²) in [5.74, 6) is 6.51. The Morgan fingerprint density at radius 2 is 1.72 bits per heavy atom. The van der Waals surface area contributed by atoms with Crippen LogP contribution >= 0.6 is 15.9 Å². The molecule has 1 aromatic rings. The molecule has 18 heavy (non-hydrogen) atoms. The molecule has 0 aliphatic heterocycles. The summed E-state index contributed by atoms with van der Waals surface area (Å²) >= 11 is 3.48. The third-order valence-corrected chi connectivity index (χ3v) is 4.58. The maximum Gasteiger partial charge on any atom is 0.0279 e. The normalized spacial score (nSPS) is 19.4. The Morgan fingerprint density at radius 1 is 1.11 bits per heavy atom. The van der Waals surface area contributed by atoms with Crippen LogP contribution in [0.15, 0.2) is 28.7 Å². The first kappa shape index (κ1) is 14.0. The van der Waals surface area contributed by atoms with Crippen LogP contribution in [0.3, 0.4) is 0 Å². The maximum atomic E-state index is 5.77. The summed E-state index contributed by atoms with van der Waals surface area (Å²) in [6.45, 7) is 0. The Hall–Kier alpha value is -0.380. The van der Waals surface area contributed by atoms with Gasteiger partial charge in [-0.3, -0.25) is 11.3 Å². The lowest BCUT2D eigenvalue weighted by atomic mass is 9.88. The second-order valence-electron chi connectivity index (χ2n) is 5.36. The van der Waals surface area contributed by atoms with Gasteiger partial charge >= 0.3 is 0 Å². The van der Waals surface area contributed by atoms with Gasteiger partial charge in [-0.25, -0.2) is 0 Å². The van der Waals surface area contributed by atoms with Crippen molar-refractivity contribution in [3.8, 4) is 0 Å². The Labute approximate surface area is 118 Å². The Kier molecular flexibility index (Phi) is 5.67. The molecule has 1 aliphatic carbocycles. The highest BCUT2D eigenvalue weighted by Gasteiger charge is 2.21. The van der Waals surface area contributed by atoms with E-state index in [2.05, 4.69) is 45.6 Å². The third-order valence-electron chi connectivity index (χ3n) is 4.05. The number of hydrogen-bond donors (Lipinski definition) is 2. The van der Waals surface area contributed by atoms with Crippen LogP contribution in [0.2, 0.25) is 0 Å². The number of nitrogens with two attached hydrogens (primary N) is 1. The quantitative estimate of drug-likeness (QED) is 0.504. The molecule has 1 aliphatic rings. The van der Waals surface area contributed by atoms with Crippen molar-refractivity contribution < 1.29 is 0 Å². The molecule has 0 amide bonds. The molecular weight excluding hydrogens is 288 g/mol. The molecule has 100 valence electrons. The van der Waals surface area contributed by atoms with Gasteiger partial charge in [-0.2, -0.15) is 0 Å². The van der Waals surface area contributed by atoms with Gasteiger partial charge < -0.3 is 0 Å². The van der Waals surface area contributed by atoms with Crippen LogP contribution in [0, 0.1) is 5.92 Å². The summed E-state index contributed by atoms with van der Waals surface area (Å²) in [5.41, 5.74) is 4.42. The first-order valence-corrected chi connectivity index (χ1v) is 7.79.